The van der Waals surface area contributed by atoms with Crippen LogP contribution < -0.4 is 0 Å². The van der Waals surface area contributed by atoms with E-state index in [-0.39, 0.29) is 5.60 Å². The normalized spacial score (nSPS) is 31.8. The second kappa shape index (κ2) is 3.75. The zero-order valence-corrected chi connectivity index (χ0v) is 8.51. The SMILES string of the molecule is CC(C)CCC1(O)CCN(C)C1. The predicted octanol–water partition coefficient (Wildman–Crippen LogP) is 1.49. The number of hydrogen-bond acceptors (Lipinski definition) is 2. The Labute approximate surface area is 75.6 Å². The van der Waals surface area contributed by atoms with E-state index in [1.807, 2.05) is 0 Å². The molecule has 1 aliphatic heterocycles. The van der Waals surface area contributed by atoms with E-state index >= 15 is 0 Å². The third-order valence-corrected chi connectivity index (χ3v) is 2.71. The summed E-state index contributed by atoms with van der Waals surface area (Å²) in [6, 6.07) is 0. The second-order valence-electron chi connectivity index (χ2n) is 4.64. The van der Waals surface area contributed by atoms with Crippen LogP contribution in [0.5, 0.6) is 0 Å². The summed E-state index contributed by atoms with van der Waals surface area (Å²) < 4.78 is 0. The van der Waals surface area contributed by atoms with Crippen LogP contribution in [0.15, 0.2) is 0 Å². The van der Waals surface area contributed by atoms with E-state index in [9.17, 15) is 5.11 Å². The van der Waals surface area contributed by atoms with Crippen LogP contribution in [0.2, 0.25) is 0 Å². The average Bonchev–Trinajstić information content (AvgIpc) is 2.29. The van der Waals surface area contributed by atoms with Crippen molar-refractivity contribution in [2.45, 2.75) is 38.7 Å². The van der Waals surface area contributed by atoms with Crippen molar-refractivity contribution in [3.8, 4) is 0 Å². The Morgan fingerprint density at radius 1 is 1.50 bits per heavy atom. The molecule has 0 aliphatic carbocycles. The predicted molar refractivity (Wildman–Crippen MR) is 51.1 cm³/mol. The summed E-state index contributed by atoms with van der Waals surface area (Å²) in [6.07, 6.45) is 3.07. The van der Waals surface area contributed by atoms with Gasteiger partial charge in [-0.05, 0) is 32.2 Å². The van der Waals surface area contributed by atoms with Gasteiger partial charge in [-0.1, -0.05) is 13.8 Å². The molecule has 0 aromatic heterocycles. The number of likely N-dealkylation sites (N-methyl/N-ethyl adjacent to an activating group) is 1. The number of β-amino-alcohol motifs (C(OH)–C–C–N with tert-alkyl or cyclic N) is 1. The van der Waals surface area contributed by atoms with E-state index in [4.69, 9.17) is 0 Å². The van der Waals surface area contributed by atoms with Gasteiger partial charge in [0.05, 0.1) is 5.60 Å². The summed E-state index contributed by atoms with van der Waals surface area (Å²) in [4.78, 5) is 2.21. The molecule has 0 saturated carbocycles. The van der Waals surface area contributed by atoms with Gasteiger partial charge in [0.1, 0.15) is 0 Å². The number of likely N-dealkylation sites (tertiary alicyclic amines) is 1. The van der Waals surface area contributed by atoms with Crippen molar-refractivity contribution in [3.63, 3.8) is 0 Å². The molecule has 1 saturated heterocycles. The van der Waals surface area contributed by atoms with E-state index in [1.54, 1.807) is 0 Å². The van der Waals surface area contributed by atoms with Crippen molar-refractivity contribution in [2.24, 2.45) is 5.92 Å². The van der Waals surface area contributed by atoms with Crippen LogP contribution in [0.25, 0.3) is 0 Å². The lowest BCUT2D eigenvalue weighted by Gasteiger charge is -2.23. The Morgan fingerprint density at radius 3 is 2.58 bits per heavy atom. The van der Waals surface area contributed by atoms with Gasteiger partial charge in [-0.2, -0.15) is 0 Å². The fraction of sp³-hybridized carbons (Fsp3) is 1.00. The number of rotatable bonds is 3. The van der Waals surface area contributed by atoms with Crippen molar-refractivity contribution in [1.29, 1.82) is 0 Å². The van der Waals surface area contributed by atoms with Crippen LogP contribution in [0.1, 0.15) is 33.1 Å². The molecule has 72 valence electrons. The highest BCUT2D eigenvalue weighted by atomic mass is 16.3. The lowest BCUT2D eigenvalue weighted by Crippen LogP contribution is -2.32. The maximum absolute atomic E-state index is 10.1. The minimum Gasteiger partial charge on any atom is -0.389 e. The lowest BCUT2D eigenvalue weighted by atomic mass is 9.93. The van der Waals surface area contributed by atoms with Crippen molar-refractivity contribution < 1.29 is 5.11 Å². The third kappa shape index (κ3) is 2.76. The standard InChI is InChI=1S/C10H21NO/c1-9(2)4-5-10(12)6-7-11(3)8-10/h9,12H,4-8H2,1-3H3. The first-order chi connectivity index (χ1) is 5.52. The molecule has 1 rings (SSSR count). The molecule has 2 nitrogen and oxygen atoms in total. The van der Waals surface area contributed by atoms with E-state index in [2.05, 4.69) is 25.8 Å². The molecule has 1 heterocycles. The van der Waals surface area contributed by atoms with Crippen LogP contribution in [0, 0.1) is 5.92 Å². The number of hydrogen-bond donors (Lipinski definition) is 1. The third-order valence-electron chi connectivity index (χ3n) is 2.71. The van der Waals surface area contributed by atoms with Gasteiger partial charge in [0.25, 0.3) is 0 Å². The van der Waals surface area contributed by atoms with E-state index in [1.165, 1.54) is 0 Å². The highest BCUT2D eigenvalue weighted by Gasteiger charge is 2.33. The quantitative estimate of drug-likeness (QED) is 0.695. The van der Waals surface area contributed by atoms with Crippen molar-refractivity contribution >= 4 is 0 Å². The topological polar surface area (TPSA) is 23.5 Å². The summed E-state index contributed by atoms with van der Waals surface area (Å²) in [5.74, 6) is 0.708. The van der Waals surface area contributed by atoms with Gasteiger partial charge in [-0.25, -0.2) is 0 Å². The fourth-order valence-electron chi connectivity index (χ4n) is 1.82. The molecular weight excluding hydrogens is 150 g/mol. The summed E-state index contributed by atoms with van der Waals surface area (Å²) >= 11 is 0. The molecule has 0 aromatic carbocycles. The van der Waals surface area contributed by atoms with Crippen molar-refractivity contribution in [3.05, 3.63) is 0 Å². The van der Waals surface area contributed by atoms with Gasteiger partial charge in [0.2, 0.25) is 0 Å². The van der Waals surface area contributed by atoms with Gasteiger partial charge in [0.15, 0.2) is 0 Å². The van der Waals surface area contributed by atoms with Crippen LogP contribution in [0.3, 0.4) is 0 Å². The van der Waals surface area contributed by atoms with Gasteiger partial charge in [0, 0.05) is 13.1 Å². The summed E-state index contributed by atoms with van der Waals surface area (Å²) in [7, 11) is 2.08. The molecular formula is C10H21NO. The maximum Gasteiger partial charge on any atom is 0.0786 e. The van der Waals surface area contributed by atoms with Gasteiger partial charge in [-0.3, -0.25) is 0 Å². The zero-order chi connectivity index (χ0) is 9.19. The monoisotopic (exact) mass is 171 g/mol. The first-order valence-corrected chi connectivity index (χ1v) is 4.93. The van der Waals surface area contributed by atoms with Crippen LogP contribution >= 0.6 is 0 Å². The largest absolute Gasteiger partial charge is 0.389 e. The molecule has 0 aromatic rings. The average molecular weight is 171 g/mol. The smallest absolute Gasteiger partial charge is 0.0786 e. The summed E-state index contributed by atoms with van der Waals surface area (Å²) in [5, 5.41) is 10.1. The summed E-state index contributed by atoms with van der Waals surface area (Å²) in [6.45, 7) is 6.33. The Balaban J connectivity index is 2.30. The van der Waals surface area contributed by atoms with Crippen LogP contribution in [-0.2, 0) is 0 Å². The molecule has 0 spiro atoms. The molecule has 0 radical (unpaired) electrons. The molecule has 1 unspecified atom stereocenters. The molecule has 1 atom stereocenters. The molecule has 0 amide bonds. The lowest BCUT2D eigenvalue weighted by molar-refractivity contribution is 0.0379. The van der Waals surface area contributed by atoms with E-state index < -0.39 is 0 Å². The highest BCUT2D eigenvalue weighted by molar-refractivity contribution is 4.88. The van der Waals surface area contributed by atoms with Gasteiger partial charge >= 0.3 is 0 Å². The minimum atomic E-state index is -0.376. The molecule has 1 N–H and O–H groups in total. The summed E-state index contributed by atoms with van der Waals surface area (Å²) in [5.41, 5.74) is -0.376. The first-order valence-electron chi connectivity index (χ1n) is 4.93. The number of nitrogens with zero attached hydrogens (tertiary/aromatic N) is 1. The second-order valence-corrected chi connectivity index (χ2v) is 4.64. The van der Waals surface area contributed by atoms with E-state index in [0.717, 1.165) is 32.4 Å². The molecule has 12 heavy (non-hydrogen) atoms. The Morgan fingerprint density at radius 2 is 2.17 bits per heavy atom. The zero-order valence-electron chi connectivity index (χ0n) is 8.51. The Bertz CT molecular complexity index is 147. The minimum absolute atomic E-state index is 0.376. The Kier molecular flexibility index (Phi) is 3.13. The first kappa shape index (κ1) is 10.0. The van der Waals surface area contributed by atoms with Crippen molar-refractivity contribution in [1.82, 2.24) is 4.90 Å². The highest BCUT2D eigenvalue weighted by Crippen LogP contribution is 2.26. The van der Waals surface area contributed by atoms with E-state index in [0.29, 0.717) is 5.92 Å². The van der Waals surface area contributed by atoms with Crippen molar-refractivity contribution in [2.75, 3.05) is 20.1 Å². The van der Waals surface area contributed by atoms with Crippen LogP contribution in [0.4, 0.5) is 0 Å². The fourth-order valence-corrected chi connectivity index (χ4v) is 1.82. The Hall–Kier alpha value is -0.0800. The number of aliphatic hydroxyl groups is 1. The maximum atomic E-state index is 10.1. The molecule has 0 bridgehead atoms. The molecule has 1 aliphatic rings. The molecule has 2 heteroatoms. The van der Waals surface area contributed by atoms with Gasteiger partial charge in [-0.15, -0.1) is 0 Å². The van der Waals surface area contributed by atoms with Crippen LogP contribution in [-0.4, -0.2) is 35.7 Å². The van der Waals surface area contributed by atoms with Gasteiger partial charge < -0.3 is 10.0 Å². The molecule has 1 fully saturated rings.